The Morgan fingerprint density at radius 3 is 3.15 bits per heavy atom. The number of ether oxygens (including phenoxy) is 1. The molecule has 20 heavy (non-hydrogen) atoms. The van der Waals surface area contributed by atoms with Crippen molar-refractivity contribution in [3.8, 4) is 6.07 Å². The van der Waals surface area contributed by atoms with Crippen LogP contribution in [-0.4, -0.2) is 47.2 Å². The zero-order chi connectivity index (χ0) is 14.5. The normalized spacial score (nSPS) is 18.4. The molecular formula is C11H14N6O3. The number of nitrogens with one attached hydrogen (secondary N) is 1. The molecule has 0 radical (unpaired) electrons. The fourth-order valence-corrected chi connectivity index (χ4v) is 1.99. The summed E-state index contributed by atoms with van der Waals surface area (Å²) in [7, 11) is 0. The Morgan fingerprint density at radius 1 is 1.70 bits per heavy atom. The second-order valence-corrected chi connectivity index (χ2v) is 4.12. The number of nitro groups is 1. The van der Waals surface area contributed by atoms with Gasteiger partial charge in [-0.05, 0) is 6.92 Å². The molecule has 2 heterocycles. The quantitative estimate of drug-likeness (QED) is 0.626. The number of nitriles is 1. The first-order chi connectivity index (χ1) is 9.67. The summed E-state index contributed by atoms with van der Waals surface area (Å²) >= 11 is 0. The molecule has 1 aliphatic rings. The van der Waals surface area contributed by atoms with E-state index in [9.17, 15) is 10.1 Å². The predicted molar refractivity (Wildman–Crippen MR) is 70.4 cm³/mol. The number of morpholine rings is 1. The number of hydrogen-bond acceptors (Lipinski definition) is 8. The third kappa shape index (κ3) is 2.75. The highest BCUT2D eigenvalue weighted by molar-refractivity contribution is 5.70. The summed E-state index contributed by atoms with van der Waals surface area (Å²) in [6.45, 7) is 3.37. The maximum Gasteiger partial charge on any atom is 0.353 e. The van der Waals surface area contributed by atoms with Crippen molar-refractivity contribution in [2.45, 2.75) is 13.0 Å². The van der Waals surface area contributed by atoms with Crippen LogP contribution in [-0.2, 0) is 4.74 Å². The zero-order valence-corrected chi connectivity index (χ0v) is 10.9. The van der Waals surface area contributed by atoms with Crippen LogP contribution in [0.3, 0.4) is 0 Å². The highest BCUT2D eigenvalue weighted by Gasteiger charge is 2.30. The van der Waals surface area contributed by atoms with E-state index in [4.69, 9.17) is 10.00 Å². The fourth-order valence-electron chi connectivity index (χ4n) is 1.99. The minimum atomic E-state index is -0.610. The molecule has 0 aromatic carbocycles. The largest absolute Gasteiger partial charge is 0.364 e. The third-order valence-electron chi connectivity index (χ3n) is 2.84. The molecule has 0 bridgehead atoms. The molecule has 1 unspecified atom stereocenters. The van der Waals surface area contributed by atoms with Crippen molar-refractivity contribution in [1.82, 2.24) is 9.97 Å². The summed E-state index contributed by atoms with van der Waals surface area (Å²) in [5.41, 5.74) is -0.173. The Kier molecular flexibility index (Phi) is 4.27. The van der Waals surface area contributed by atoms with E-state index < -0.39 is 11.0 Å². The summed E-state index contributed by atoms with van der Waals surface area (Å²) in [6, 6.07) is 2.00. The van der Waals surface area contributed by atoms with Gasteiger partial charge >= 0.3 is 5.69 Å². The van der Waals surface area contributed by atoms with Crippen molar-refractivity contribution in [2.75, 3.05) is 36.5 Å². The van der Waals surface area contributed by atoms with Crippen molar-refractivity contribution >= 4 is 17.3 Å². The Morgan fingerprint density at radius 2 is 2.50 bits per heavy atom. The number of aromatic nitrogens is 2. The highest BCUT2D eigenvalue weighted by Crippen LogP contribution is 2.32. The van der Waals surface area contributed by atoms with Gasteiger partial charge < -0.3 is 15.0 Å². The first-order valence-electron chi connectivity index (χ1n) is 6.16. The molecule has 0 spiro atoms. The van der Waals surface area contributed by atoms with E-state index in [1.165, 1.54) is 6.33 Å². The van der Waals surface area contributed by atoms with Crippen LogP contribution in [0.25, 0.3) is 0 Å². The van der Waals surface area contributed by atoms with Crippen LogP contribution in [0.1, 0.15) is 6.92 Å². The van der Waals surface area contributed by atoms with E-state index in [1.807, 2.05) is 13.0 Å². The summed E-state index contributed by atoms with van der Waals surface area (Å²) in [6.07, 6.45) is 0.665. The van der Waals surface area contributed by atoms with E-state index in [-0.39, 0.29) is 23.9 Å². The van der Waals surface area contributed by atoms with Gasteiger partial charge in [0.1, 0.15) is 6.33 Å². The smallest absolute Gasteiger partial charge is 0.353 e. The lowest BCUT2D eigenvalue weighted by molar-refractivity contribution is -0.383. The molecule has 2 rings (SSSR count). The molecule has 0 saturated carbocycles. The lowest BCUT2D eigenvalue weighted by atomic mass is 10.2. The monoisotopic (exact) mass is 278 g/mol. The van der Waals surface area contributed by atoms with Gasteiger partial charge in [-0.3, -0.25) is 10.1 Å². The Balaban J connectivity index is 2.38. The molecule has 9 nitrogen and oxygen atoms in total. The highest BCUT2D eigenvalue weighted by atomic mass is 16.6. The second kappa shape index (κ2) is 6.12. The number of hydrogen-bond donors (Lipinski definition) is 1. The maximum absolute atomic E-state index is 11.3. The summed E-state index contributed by atoms with van der Waals surface area (Å²) in [4.78, 5) is 20.3. The molecule has 1 N–H and O–H groups in total. The van der Waals surface area contributed by atoms with Gasteiger partial charge in [-0.2, -0.15) is 5.26 Å². The molecule has 1 aliphatic heterocycles. The van der Waals surface area contributed by atoms with Gasteiger partial charge in [-0.1, -0.05) is 0 Å². The summed E-state index contributed by atoms with van der Waals surface area (Å²) in [5, 5.41) is 23.0. The minimum Gasteiger partial charge on any atom is -0.364 e. The Hall–Kier alpha value is -2.47. The SMILES string of the molecule is CCNc1ncnc(N2CCOC(C#N)C2)c1[N+](=O)[O-]. The van der Waals surface area contributed by atoms with Crippen LogP contribution < -0.4 is 10.2 Å². The molecule has 1 aromatic rings. The molecule has 1 atom stereocenters. The molecule has 1 fully saturated rings. The van der Waals surface area contributed by atoms with Gasteiger partial charge in [0.15, 0.2) is 6.10 Å². The molecule has 1 saturated heterocycles. The lowest BCUT2D eigenvalue weighted by Crippen LogP contribution is -2.42. The van der Waals surface area contributed by atoms with Crippen molar-refractivity contribution in [2.24, 2.45) is 0 Å². The lowest BCUT2D eigenvalue weighted by Gasteiger charge is -2.30. The number of nitrogens with zero attached hydrogens (tertiary/aromatic N) is 5. The van der Waals surface area contributed by atoms with Crippen LogP contribution >= 0.6 is 0 Å². The van der Waals surface area contributed by atoms with E-state index in [0.29, 0.717) is 19.7 Å². The van der Waals surface area contributed by atoms with E-state index in [1.54, 1.807) is 4.90 Å². The van der Waals surface area contributed by atoms with E-state index >= 15 is 0 Å². The Labute approximate surface area is 115 Å². The van der Waals surface area contributed by atoms with Crippen LogP contribution in [0.15, 0.2) is 6.33 Å². The van der Waals surface area contributed by atoms with Crippen molar-refractivity contribution in [3.05, 3.63) is 16.4 Å². The van der Waals surface area contributed by atoms with Crippen molar-refractivity contribution < 1.29 is 9.66 Å². The third-order valence-corrected chi connectivity index (χ3v) is 2.84. The fraction of sp³-hybridized carbons (Fsp3) is 0.545. The molecule has 1 aromatic heterocycles. The van der Waals surface area contributed by atoms with Gasteiger partial charge in [0.2, 0.25) is 11.6 Å². The first kappa shape index (κ1) is 14.0. The molecule has 0 amide bonds. The standard InChI is InChI=1S/C11H14N6O3/c1-2-13-10-9(17(18)19)11(15-7-14-10)16-3-4-20-8(5-12)6-16/h7-8H,2-4,6H2,1H3,(H,13,14,15). The minimum absolute atomic E-state index is 0.173. The van der Waals surface area contributed by atoms with Crippen molar-refractivity contribution in [3.63, 3.8) is 0 Å². The zero-order valence-electron chi connectivity index (χ0n) is 10.9. The molecule has 9 heteroatoms. The average molecular weight is 278 g/mol. The first-order valence-corrected chi connectivity index (χ1v) is 6.16. The van der Waals surface area contributed by atoms with Gasteiger partial charge in [0, 0.05) is 13.1 Å². The van der Waals surface area contributed by atoms with Crippen LogP contribution in [0, 0.1) is 21.4 Å². The number of anilines is 2. The predicted octanol–water partition coefficient (Wildman–Crippen LogP) is 0.545. The molecule has 0 aliphatic carbocycles. The Bertz CT molecular complexity index is 543. The topological polar surface area (TPSA) is 117 Å². The van der Waals surface area contributed by atoms with Gasteiger partial charge in [-0.25, -0.2) is 9.97 Å². The maximum atomic E-state index is 11.3. The number of rotatable bonds is 4. The van der Waals surface area contributed by atoms with E-state index in [2.05, 4.69) is 15.3 Å². The van der Waals surface area contributed by atoms with E-state index in [0.717, 1.165) is 0 Å². The van der Waals surface area contributed by atoms with Gasteiger partial charge in [-0.15, -0.1) is 0 Å². The average Bonchev–Trinajstić information content (AvgIpc) is 2.47. The van der Waals surface area contributed by atoms with Gasteiger partial charge in [0.05, 0.1) is 24.1 Å². The van der Waals surface area contributed by atoms with Crippen LogP contribution in [0.4, 0.5) is 17.3 Å². The molecule has 106 valence electrons. The molecular weight excluding hydrogens is 264 g/mol. The summed E-state index contributed by atoms with van der Waals surface area (Å²) < 4.78 is 5.23. The van der Waals surface area contributed by atoms with Crippen LogP contribution in [0.2, 0.25) is 0 Å². The van der Waals surface area contributed by atoms with Gasteiger partial charge in [0.25, 0.3) is 0 Å². The van der Waals surface area contributed by atoms with Crippen LogP contribution in [0.5, 0.6) is 0 Å². The summed E-state index contributed by atoms with van der Waals surface area (Å²) in [5.74, 6) is 0.395. The second-order valence-electron chi connectivity index (χ2n) is 4.12. The van der Waals surface area contributed by atoms with Crippen molar-refractivity contribution in [1.29, 1.82) is 5.26 Å².